The van der Waals surface area contributed by atoms with Gasteiger partial charge in [-0.25, -0.2) is 0 Å². The first kappa shape index (κ1) is 15.1. The Bertz CT molecular complexity index is 675. The predicted octanol–water partition coefficient (Wildman–Crippen LogP) is 2.74. The zero-order valence-electron chi connectivity index (χ0n) is 13.4. The van der Waals surface area contributed by atoms with Crippen LogP contribution in [-0.4, -0.2) is 46.4 Å². The molecular formula is C19H24N2O2. The largest absolute Gasteiger partial charge is 0.390 e. The molecule has 3 heterocycles. The smallest absolute Gasteiger partial charge is 0.0964 e. The molecule has 1 atom stereocenters. The van der Waals surface area contributed by atoms with E-state index in [-0.39, 0.29) is 11.7 Å². The zero-order valence-corrected chi connectivity index (χ0v) is 13.4. The van der Waals surface area contributed by atoms with Gasteiger partial charge in [-0.3, -0.25) is 9.88 Å². The fourth-order valence-corrected chi connectivity index (χ4v) is 4.01. The van der Waals surface area contributed by atoms with E-state index in [1.54, 1.807) is 0 Å². The van der Waals surface area contributed by atoms with Crippen molar-refractivity contribution in [1.29, 1.82) is 0 Å². The second kappa shape index (κ2) is 6.19. The molecule has 2 saturated heterocycles. The maximum atomic E-state index is 10.4. The number of likely N-dealkylation sites (tertiary alicyclic amines) is 1. The van der Waals surface area contributed by atoms with E-state index in [4.69, 9.17) is 4.74 Å². The summed E-state index contributed by atoms with van der Waals surface area (Å²) in [6, 6.07) is 10.4. The van der Waals surface area contributed by atoms with Gasteiger partial charge in [0.2, 0.25) is 0 Å². The van der Waals surface area contributed by atoms with Crippen LogP contribution < -0.4 is 0 Å². The first-order chi connectivity index (χ1) is 11.3. The van der Waals surface area contributed by atoms with Crippen LogP contribution in [0.5, 0.6) is 0 Å². The van der Waals surface area contributed by atoms with Crippen molar-refractivity contribution < 1.29 is 9.84 Å². The number of benzene rings is 1. The number of piperidine rings is 1. The molecule has 2 fully saturated rings. The van der Waals surface area contributed by atoms with Crippen LogP contribution in [0.2, 0.25) is 0 Å². The summed E-state index contributed by atoms with van der Waals surface area (Å²) in [7, 11) is 0. The lowest BCUT2D eigenvalue weighted by Crippen LogP contribution is -2.55. The van der Waals surface area contributed by atoms with E-state index in [2.05, 4.69) is 34.1 Å². The number of fused-ring (bicyclic) bond motifs is 1. The van der Waals surface area contributed by atoms with Crippen LogP contribution in [0.25, 0.3) is 10.9 Å². The van der Waals surface area contributed by atoms with Crippen molar-refractivity contribution in [3.8, 4) is 0 Å². The van der Waals surface area contributed by atoms with E-state index in [1.807, 2.05) is 12.3 Å². The standard InChI is InChI=1S/C19H24N2O2/c22-18-6-3-13-23-19(18)8-11-21(12-9-19)14-15-7-10-20-17-5-2-1-4-16(15)17/h1-2,4-5,7,10,18,22H,3,6,8-9,11-14H2/t18-/m0/s1. The topological polar surface area (TPSA) is 45.6 Å². The molecule has 4 rings (SSSR count). The van der Waals surface area contributed by atoms with Crippen molar-refractivity contribution in [1.82, 2.24) is 9.88 Å². The summed E-state index contributed by atoms with van der Waals surface area (Å²) in [5, 5.41) is 11.6. The summed E-state index contributed by atoms with van der Waals surface area (Å²) in [5.41, 5.74) is 2.11. The maximum absolute atomic E-state index is 10.4. The van der Waals surface area contributed by atoms with Crippen molar-refractivity contribution in [2.45, 2.75) is 43.9 Å². The third-order valence-corrected chi connectivity index (χ3v) is 5.45. The highest BCUT2D eigenvalue weighted by Gasteiger charge is 2.43. The highest BCUT2D eigenvalue weighted by atomic mass is 16.5. The van der Waals surface area contributed by atoms with Crippen LogP contribution in [0.1, 0.15) is 31.2 Å². The number of aliphatic hydroxyl groups excluding tert-OH is 1. The SMILES string of the molecule is O[C@H]1CCCOC12CCN(Cc1ccnc3ccccc13)CC2. The van der Waals surface area contributed by atoms with Gasteiger partial charge < -0.3 is 9.84 Å². The predicted molar refractivity (Wildman–Crippen MR) is 90.2 cm³/mol. The Balaban J connectivity index is 1.47. The first-order valence-corrected chi connectivity index (χ1v) is 8.64. The van der Waals surface area contributed by atoms with Gasteiger partial charge in [0.1, 0.15) is 0 Å². The summed E-state index contributed by atoms with van der Waals surface area (Å²) in [5.74, 6) is 0. The Morgan fingerprint density at radius 3 is 2.87 bits per heavy atom. The quantitative estimate of drug-likeness (QED) is 0.926. The van der Waals surface area contributed by atoms with Crippen LogP contribution in [0.4, 0.5) is 0 Å². The Labute approximate surface area is 137 Å². The number of aromatic nitrogens is 1. The Morgan fingerprint density at radius 1 is 1.22 bits per heavy atom. The lowest BCUT2D eigenvalue weighted by atomic mass is 9.82. The van der Waals surface area contributed by atoms with Gasteiger partial charge in [0, 0.05) is 37.8 Å². The lowest BCUT2D eigenvalue weighted by molar-refractivity contribution is -0.177. The van der Waals surface area contributed by atoms with Crippen molar-refractivity contribution in [3.63, 3.8) is 0 Å². The van der Waals surface area contributed by atoms with E-state index in [9.17, 15) is 5.11 Å². The Morgan fingerprint density at radius 2 is 2.04 bits per heavy atom. The van der Waals surface area contributed by atoms with E-state index >= 15 is 0 Å². The molecule has 2 aliphatic heterocycles. The fourth-order valence-electron chi connectivity index (χ4n) is 4.01. The van der Waals surface area contributed by atoms with Crippen molar-refractivity contribution in [2.75, 3.05) is 19.7 Å². The average Bonchev–Trinajstić information content (AvgIpc) is 2.60. The van der Waals surface area contributed by atoms with Gasteiger partial charge in [0.05, 0.1) is 17.2 Å². The van der Waals surface area contributed by atoms with Crippen molar-refractivity contribution in [2.24, 2.45) is 0 Å². The van der Waals surface area contributed by atoms with Crippen molar-refractivity contribution >= 4 is 10.9 Å². The molecule has 2 aliphatic rings. The van der Waals surface area contributed by atoms with Gasteiger partial charge in [-0.05, 0) is 43.4 Å². The molecular weight excluding hydrogens is 288 g/mol. The van der Waals surface area contributed by atoms with Gasteiger partial charge in [-0.1, -0.05) is 18.2 Å². The molecule has 0 saturated carbocycles. The number of rotatable bonds is 2. The van der Waals surface area contributed by atoms with Crippen LogP contribution in [0.15, 0.2) is 36.5 Å². The van der Waals surface area contributed by atoms with Gasteiger partial charge in [-0.2, -0.15) is 0 Å². The van der Waals surface area contributed by atoms with E-state index in [1.165, 1.54) is 10.9 Å². The number of hydrogen-bond acceptors (Lipinski definition) is 4. The number of para-hydroxylation sites is 1. The molecule has 4 nitrogen and oxygen atoms in total. The van der Waals surface area contributed by atoms with Gasteiger partial charge in [-0.15, -0.1) is 0 Å². The van der Waals surface area contributed by atoms with Crippen LogP contribution in [0.3, 0.4) is 0 Å². The van der Waals surface area contributed by atoms with Gasteiger partial charge in [0.25, 0.3) is 0 Å². The molecule has 0 bridgehead atoms. The number of aliphatic hydroxyl groups is 1. The minimum Gasteiger partial charge on any atom is -0.390 e. The number of hydrogen-bond donors (Lipinski definition) is 1. The first-order valence-electron chi connectivity index (χ1n) is 8.64. The third-order valence-electron chi connectivity index (χ3n) is 5.45. The molecule has 1 spiro atoms. The molecule has 122 valence electrons. The monoisotopic (exact) mass is 312 g/mol. The summed E-state index contributed by atoms with van der Waals surface area (Å²) in [4.78, 5) is 6.91. The minimum absolute atomic E-state index is 0.283. The zero-order chi connectivity index (χ0) is 15.7. The van der Waals surface area contributed by atoms with E-state index in [0.717, 1.165) is 57.4 Å². The highest BCUT2D eigenvalue weighted by molar-refractivity contribution is 5.81. The van der Waals surface area contributed by atoms with E-state index < -0.39 is 0 Å². The molecule has 4 heteroatoms. The number of nitrogens with zero attached hydrogens (tertiary/aromatic N) is 2. The lowest BCUT2D eigenvalue weighted by Gasteiger charge is -2.46. The minimum atomic E-state index is -0.292. The van der Waals surface area contributed by atoms with Gasteiger partial charge in [0.15, 0.2) is 0 Å². The third kappa shape index (κ3) is 2.87. The van der Waals surface area contributed by atoms with E-state index in [0.29, 0.717) is 0 Å². The molecule has 1 aromatic heterocycles. The Hall–Kier alpha value is -1.49. The summed E-state index contributed by atoms with van der Waals surface area (Å²) < 4.78 is 6.00. The summed E-state index contributed by atoms with van der Waals surface area (Å²) in [6.45, 7) is 3.70. The molecule has 0 aliphatic carbocycles. The molecule has 1 N–H and O–H groups in total. The molecule has 0 amide bonds. The second-order valence-corrected chi connectivity index (χ2v) is 6.83. The molecule has 0 radical (unpaired) electrons. The average molecular weight is 312 g/mol. The highest BCUT2D eigenvalue weighted by Crippen LogP contribution is 2.35. The normalized spacial score (nSPS) is 25.0. The summed E-state index contributed by atoms with van der Waals surface area (Å²) >= 11 is 0. The molecule has 0 unspecified atom stereocenters. The number of ether oxygens (including phenoxy) is 1. The fraction of sp³-hybridized carbons (Fsp3) is 0.526. The maximum Gasteiger partial charge on any atom is 0.0964 e. The van der Waals surface area contributed by atoms with Gasteiger partial charge >= 0.3 is 0 Å². The Kier molecular flexibility index (Phi) is 4.05. The van der Waals surface area contributed by atoms with Crippen LogP contribution >= 0.6 is 0 Å². The number of pyridine rings is 1. The second-order valence-electron chi connectivity index (χ2n) is 6.83. The molecule has 23 heavy (non-hydrogen) atoms. The molecule has 2 aromatic rings. The van der Waals surface area contributed by atoms with Crippen LogP contribution in [0, 0.1) is 0 Å². The summed E-state index contributed by atoms with van der Waals surface area (Å²) in [6.07, 6.45) is 5.33. The van der Waals surface area contributed by atoms with Crippen molar-refractivity contribution in [3.05, 3.63) is 42.1 Å². The van der Waals surface area contributed by atoms with Crippen LogP contribution in [-0.2, 0) is 11.3 Å². The molecule has 1 aromatic carbocycles.